The van der Waals surface area contributed by atoms with Gasteiger partial charge in [0.15, 0.2) is 5.79 Å². The molecule has 0 radical (unpaired) electrons. The molecule has 0 spiro atoms. The summed E-state index contributed by atoms with van der Waals surface area (Å²) < 4.78 is 16.9. The van der Waals surface area contributed by atoms with Crippen LogP contribution < -0.4 is 10.1 Å². The average Bonchev–Trinajstić information content (AvgIpc) is 2.75. The van der Waals surface area contributed by atoms with Gasteiger partial charge in [0.1, 0.15) is 11.9 Å². The van der Waals surface area contributed by atoms with Crippen LogP contribution in [0.4, 0.5) is 0 Å². The number of ether oxygens (including phenoxy) is 3. The van der Waals surface area contributed by atoms with E-state index in [2.05, 4.69) is 21.2 Å². The average molecular weight is 344 g/mol. The Morgan fingerprint density at radius 1 is 1.55 bits per heavy atom. The van der Waals surface area contributed by atoms with Crippen molar-refractivity contribution in [3.63, 3.8) is 0 Å². The van der Waals surface area contributed by atoms with Gasteiger partial charge in [-0.25, -0.2) is 0 Å². The van der Waals surface area contributed by atoms with Gasteiger partial charge in [-0.15, -0.1) is 0 Å². The summed E-state index contributed by atoms with van der Waals surface area (Å²) in [6.07, 6.45) is -0.115. The molecule has 6 heteroatoms. The highest BCUT2D eigenvalue weighted by Gasteiger charge is 2.32. The van der Waals surface area contributed by atoms with Crippen molar-refractivity contribution in [2.24, 2.45) is 0 Å². The lowest BCUT2D eigenvalue weighted by molar-refractivity contribution is -0.137. The quantitative estimate of drug-likeness (QED) is 0.911. The number of carbonyl (C=O) groups is 1. The van der Waals surface area contributed by atoms with E-state index in [9.17, 15) is 4.79 Å². The highest BCUT2D eigenvalue weighted by Crippen LogP contribution is 2.25. The molecular weight excluding hydrogens is 326 g/mol. The molecule has 5 nitrogen and oxygen atoms in total. The molecule has 110 valence electrons. The van der Waals surface area contributed by atoms with E-state index < -0.39 is 5.79 Å². The Labute approximate surface area is 126 Å². The topological polar surface area (TPSA) is 56.8 Å². The molecule has 1 fully saturated rings. The Morgan fingerprint density at radius 2 is 2.30 bits per heavy atom. The van der Waals surface area contributed by atoms with Gasteiger partial charge in [-0.2, -0.15) is 0 Å². The van der Waals surface area contributed by atoms with Crippen molar-refractivity contribution in [2.75, 3.05) is 20.3 Å². The molecule has 0 aromatic heterocycles. The lowest BCUT2D eigenvalue weighted by Gasteiger charge is -2.17. The van der Waals surface area contributed by atoms with Gasteiger partial charge in [0.25, 0.3) is 5.91 Å². The molecule has 1 aromatic rings. The SMILES string of the molecule is COc1ccc(C(=O)NCC2COC(C)(C)O2)cc1Br. The third-order valence-electron chi connectivity index (χ3n) is 2.97. The largest absolute Gasteiger partial charge is 0.496 e. The highest BCUT2D eigenvalue weighted by molar-refractivity contribution is 9.10. The smallest absolute Gasteiger partial charge is 0.251 e. The zero-order valence-electron chi connectivity index (χ0n) is 11.7. The van der Waals surface area contributed by atoms with Gasteiger partial charge in [0.05, 0.1) is 18.2 Å². The van der Waals surface area contributed by atoms with Crippen molar-refractivity contribution in [1.29, 1.82) is 0 Å². The molecule has 0 aliphatic carbocycles. The van der Waals surface area contributed by atoms with E-state index in [4.69, 9.17) is 14.2 Å². The minimum Gasteiger partial charge on any atom is -0.496 e. The summed E-state index contributed by atoms with van der Waals surface area (Å²) in [4.78, 5) is 12.0. The van der Waals surface area contributed by atoms with Gasteiger partial charge in [0, 0.05) is 12.1 Å². The number of amides is 1. The van der Waals surface area contributed by atoms with Crippen LogP contribution in [0.1, 0.15) is 24.2 Å². The molecule has 0 saturated carbocycles. The van der Waals surface area contributed by atoms with Crippen molar-refractivity contribution in [1.82, 2.24) is 5.32 Å². The molecule has 2 rings (SSSR count). The first-order chi connectivity index (χ1) is 9.41. The molecule has 1 atom stereocenters. The van der Waals surface area contributed by atoms with Crippen LogP contribution in [-0.4, -0.2) is 38.1 Å². The fourth-order valence-corrected chi connectivity index (χ4v) is 2.52. The Bertz CT molecular complexity index is 504. The Hall–Kier alpha value is -1.11. The van der Waals surface area contributed by atoms with Crippen LogP contribution in [0.25, 0.3) is 0 Å². The van der Waals surface area contributed by atoms with Crippen molar-refractivity contribution < 1.29 is 19.0 Å². The van der Waals surface area contributed by atoms with E-state index in [1.165, 1.54) is 0 Å². The third kappa shape index (κ3) is 3.71. The van der Waals surface area contributed by atoms with Crippen LogP contribution in [0.5, 0.6) is 5.75 Å². The number of rotatable bonds is 4. The molecule has 1 unspecified atom stereocenters. The molecule has 1 saturated heterocycles. The van der Waals surface area contributed by atoms with Gasteiger partial charge in [-0.05, 0) is 48.0 Å². The predicted octanol–water partition coefficient (Wildman–Crippen LogP) is 2.34. The summed E-state index contributed by atoms with van der Waals surface area (Å²) in [6.45, 7) is 4.62. The molecule has 1 aliphatic heterocycles. The van der Waals surface area contributed by atoms with Crippen LogP contribution in [0.3, 0.4) is 0 Å². The van der Waals surface area contributed by atoms with Crippen molar-refractivity contribution >= 4 is 21.8 Å². The van der Waals surface area contributed by atoms with E-state index in [-0.39, 0.29) is 12.0 Å². The molecular formula is C14H18BrNO4. The molecule has 0 bridgehead atoms. The predicted molar refractivity (Wildman–Crippen MR) is 77.9 cm³/mol. The Balaban J connectivity index is 1.91. The number of hydrogen-bond donors (Lipinski definition) is 1. The summed E-state index contributed by atoms with van der Waals surface area (Å²) in [7, 11) is 1.58. The van der Waals surface area contributed by atoms with E-state index in [0.717, 1.165) is 4.47 Å². The molecule has 1 aromatic carbocycles. The standard InChI is InChI=1S/C14H18BrNO4/c1-14(2)19-8-10(20-14)7-16-13(17)9-4-5-12(18-3)11(15)6-9/h4-6,10H,7-8H2,1-3H3,(H,16,17). The maximum absolute atomic E-state index is 12.0. The van der Waals surface area contributed by atoms with Crippen LogP contribution >= 0.6 is 15.9 Å². The number of hydrogen-bond acceptors (Lipinski definition) is 4. The van der Waals surface area contributed by atoms with Gasteiger partial charge in [-0.3, -0.25) is 4.79 Å². The van der Waals surface area contributed by atoms with E-state index in [0.29, 0.717) is 24.5 Å². The van der Waals surface area contributed by atoms with Gasteiger partial charge >= 0.3 is 0 Å². The summed E-state index contributed by atoms with van der Waals surface area (Å²) in [5.74, 6) is -0.0316. The fraction of sp³-hybridized carbons (Fsp3) is 0.500. The number of carbonyl (C=O) groups excluding carboxylic acids is 1. The summed E-state index contributed by atoms with van der Waals surface area (Å²) >= 11 is 3.36. The molecule has 1 N–H and O–H groups in total. The van der Waals surface area contributed by atoms with E-state index >= 15 is 0 Å². The second kappa shape index (κ2) is 6.11. The summed E-state index contributed by atoms with van der Waals surface area (Å²) in [6, 6.07) is 5.19. The number of methoxy groups -OCH3 is 1. The van der Waals surface area contributed by atoms with Crippen molar-refractivity contribution in [2.45, 2.75) is 25.7 Å². The maximum Gasteiger partial charge on any atom is 0.251 e. The minimum absolute atomic E-state index is 0.115. The molecule has 1 amide bonds. The van der Waals surface area contributed by atoms with E-state index in [1.807, 2.05) is 13.8 Å². The number of halogens is 1. The van der Waals surface area contributed by atoms with Gasteiger partial charge in [-0.1, -0.05) is 0 Å². The maximum atomic E-state index is 12.0. The minimum atomic E-state index is -0.571. The first-order valence-corrected chi connectivity index (χ1v) is 7.14. The number of benzene rings is 1. The second-order valence-electron chi connectivity index (χ2n) is 5.01. The van der Waals surface area contributed by atoms with Crippen molar-refractivity contribution in [3.05, 3.63) is 28.2 Å². The lowest BCUT2D eigenvalue weighted by atomic mass is 10.2. The zero-order valence-corrected chi connectivity index (χ0v) is 13.3. The first-order valence-electron chi connectivity index (χ1n) is 6.35. The Kier molecular flexibility index (Phi) is 4.67. The molecule has 1 heterocycles. The lowest BCUT2D eigenvalue weighted by Crippen LogP contribution is -2.34. The normalized spacial score (nSPS) is 20.7. The zero-order chi connectivity index (χ0) is 14.8. The van der Waals surface area contributed by atoms with E-state index in [1.54, 1.807) is 25.3 Å². The van der Waals surface area contributed by atoms with Crippen LogP contribution in [0.2, 0.25) is 0 Å². The van der Waals surface area contributed by atoms with Crippen LogP contribution in [-0.2, 0) is 9.47 Å². The fourth-order valence-electron chi connectivity index (χ4n) is 1.98. The van der Waals surface area contributed by atoms with Crippen molar-refractivity contribution in [3.8, 4) is 5.75 Å². The summed E-state index contributed by atoms with van der Waals surface area (Å²) in [5.41, 5.74) is 0.566. The van der Waals surface area contributed by atoms with Crippen LogP contribution in [0, 0.1) is 0 Å². The monoisotopic (exact) mass is 343 g/mol. The van der Waals surface area contributed by atoms with Crippen LogP contribution in [0.15, 0.2) is 22.7 Å². The second-order valence-corrected chi connectivity index (χ2v) is 5.86. The molecule has 1 aliphatic rings. The first kappa shape index (κ1) is 15.3. The van der Waals surface area contributed by atoms with Gasteiger partial charge < -0.3 is 19.5 Å². The van der Waals surface area contributed by atoms with Gasteiger partial charge in [0.2, 0.25) is 0 Å². The number of nitrogens with one attached hydrogen (secondary N) is 1. The summed E-state index contributed by atoms with van der Waals surface area (Å²) in [5, 5.41) is 2.84. The highest BCUT2D eigenvalue weighted by atomic mass is 79.9. The third-order valence-corrected chi connectivity index (χ3v) is 3.59. The Morgan fingerprint density at radius 3 is 2.85 bits per heavy atom. The molecule has 20 heavy (non-hydrogen) atoms.